The van der Waals surface area contributed by atoms with Gasteiger partial charge >= 0.3 is 5.63 Å². The number of anilines is 1. The highest BCUT2D eigenvalue weighted by atomic mass is 16.4. The second kappa shape index (κ2) is 6.51. The standard InChI is InChI=1S/C19H17N3O4/c23-14-5-6-17(20-12-14)21-7-9-22(10-8-21)18(24)15-11-13-3-1-2-4-16(13)26-19(15)25/h1-6,11-12,23H,7-10H2. The van der Waals surface area contributed by atoms with E-state index in [1.807, 2.05) is 17.0 Å². The van der Waals surface area contributed by atoms with Gasteiger partial charge in [-0.25, -0.2) is 9.78 Å². The summed E-state index contributed by atoms with van der Waals surface area (Å²) in [6, 6.07) is 12.0. The van der Waals surface area contributed by atoms with Crippen molar-refractivity contribution >= 4 is 22.7 Å². The first-order valence-electron chi connectivity index (χ1n) is 8.34. The molecule has 0 spiro atoms. The van der Waals surface area contributed by atoms with Crippen molar-refractivity contribution in [3.8, 4) is 5.75 Å². The van der Waals surface area contributed by atoms with E-state index in [0.717, 1.165) is 11.2 Å². The lowest BCUT2D eigenvalue weighted by atomic mass is 10.1. The van der Waals surface area contributed by atoms with Crippen LogP contribution in [-0.2, 0) is 0 Å². The Hall–Kier alpha value is -3.35. The number of para-hydroxylation sites is 1. The highest BCUT2D eigenvalue weighted by Crippen LogP contribution is 2.18. The number of benzene rings is 1. The number of carbonyl (C=O) groups is 1. The summed E-state index contributed by atoms with van der Waals surface area (Å²) >= 11 is 0. The van der Waals surface area contributed by atoms with Crippen molar-refractivity contribution in [1.82, 2.24) is 9.88 Å². The molecule has 1 N–H and O–H groups in total. The van der Waals surface area contributed by atoms with Crippen LogP contribution in [0.2, 0.25) is 0 Å². The molecule has 1 aromatic carbocycles. The molecule has 0 atom stereocenters. The molecule has 26 heavy (non-hydrogen) atoms. The van der Waals surface area contributed by atoms with Gasteiger partial charge in [-0.3, -0.25) is 4.79 Å². The summed E-state index contributed by atoms with van der Waals surface area (Å²) in [7, 11) is 0. The highest BCUT2D eigenvalue weighted by Gasteiger charge is 2.25. The molecule has 2 aromatic heterocycles. The predicted octanol–water partition coefficient (Wildman–Crippen LogP) is 1.86. The first-order chi connectivity index (χ1) is 12.6. The Balaban J connectivity index is 1.51. The Morgan fingerprint density at radius 3 is 2.58 bits per heavy atom. The van der Waals surface area contributed by atoms with Crippen molar-refractivity contribution in [2.24, 2.45) is 0 Å². The maximum atomic E-state index is 12.8. The van der Waals surface area contributed by atoms with Crippen molar-refractivity contribution in [2.75, 3.05) is 31.1 Å². The van der Waals surface area contributed by atoms with Gasteiger partial charge in [-0.05, 0) is 24.3 Å². The zero-order valence-corrected chi connectivity index (χ0v) is 14.0. The van der Waals surface area contributed by atoms with Crippen LogP contribution < -0.4 is 10.5 Å². The smallest absolute Gasteiger partial charge is 0.349 e. The largest absolute Gasteiger partial charge is 0.506 e. The van der Waals surface area contributed by atoms with E-state index in [1.54, 1.807) is 35.2 Å². The SMILES string of the molecule is O=C(c1cc2ccccc2oc1=O)N1CCN(c2ccc(O)cn2)CC1. The number of amides is 1. The minimum atomic E-state index is -0.615. The fourth-order valence-electron chi connectivity index (χ4n) is 3.09. The van der Waals surface area contributed by atoms with Crippen molar-refractivity contribution < 1.29 is 14.3 Å². The number of nitrogens with zero attached hydrogens (tertiary/aromatic N) is 3. The van der Waals surface area contributed by atoms with E-state index < -0.39 is 5.63 Å². The first-order valence-corrected chi connectivity index (χ1v) is 8.34. The molecule has 7 heteroatoms. The van der Waals surface area contributed by atoms with E-state index in [2.05, 4.69) is 4.98 Å². The normalized spacial score (nSPS) is 14.6. The van der Waals surface area contributed by atoms with Gasteiger partial charge in [0.2, 0.25) is 0 Å². The molecule has 3 aromatic rings. The zero-order valence-electron chi connectivity index (χ0n) is 14.0. The van der Waals surface area contributed by atoms with Crippen LogP contribution in [0.25, 0.3) is 11.0 Å². The van der Waals surface area contributed by atoms with Crippen LogP contribution in [0.3, 0.4) is 0 Å². The van der Waals surface area contributed by atoms with Crippen molar-refractivity contribution in [3.63, 3.8) is 0 Å². The molecule has 1 aliphatic rings. The summed E-state index contributed by atoms with van der Waals surface area (Å²) < 4.78 is 5.26. The van der Waals surface area contributed by atoms with Gasteiger partial charge in [-0.1, -0.05) is 18.2 Å². The molecule has 0 unspecified atom stereocenters. The molecule has 0 aliphatic carbocycles. The lowest BCUT2D eigenvalue weighted by Gasteiger charge is -2.35. The maximum Gasteiger partial charge on any atom is 0.349 e. The second-order valence-corrected chi connectivity index (χ2v) is 6.14. The summed E-state index contributed by atoms with van der Waals surface area (Å²) in [6.45, 7) is 2.16. The number of hydrogen-bond acceptors (Lipinski definition) is 6. The predicted molar refractivity (Wildman–Crippen MR) is 96.5 cm³/mol. The Kier molecular flexibility index (Phi) is 4.04. The van der Waals surface area contributed by atoms with Crippen molar-refractivity contribution in [1.29, 1.82) is 0 Å². The number of fused-ring (bicyclic) bond motifs is 1. The van der Waals surface area contributed by atoms with Gasteiger partial charge in [0.05, 0.1) is 6.20 Å². The third-order valence-corrected chi connectivity index (χ3v) is 4.49. The lowest BCUT2D eigenvalue weighted by molar-refractivity contribution is 0.0742. The van der Waals surface area contributed by atoms with Crippen LogP contribution in [0.4, 0.5) is 5.82 Å². The molecule has 132 valence electrons. The van der Waals surface area contributed by atoms with E-state index >= 15 is 0 Å². The third kappa shape index (κ3) is 2.99. The first kappa shape index (κ1) is 16.1. The quantitative estimate of drug-likeness (QED) is 0.709. The van der Waals surface area contributed by atoms with Crippen LogP contribution in [0.5, 0.6) is 5.75 Å². The number of hydrogen-bond donors (Lipinski definition) is 1. The van der Waals surface area contributed by atoms with Gasteiger partial charge < -0.3 is 19.3 Å². The van der Waals surface area contributed by atoms with Gasteiger partial charge in [-0.2, -0.15) is 0 Å². The number of piperazine rings is 1. The molecular weight excluding hydrogens is 334 g/mol. The van der Waals surface area contributed by atoms with Crippen LogP contribution in [0, 0.1) is 0 Å². The molecule has 1 amide bonds. The average molecular weight is 351 g/mol. The van der Waals surface area contributed by atoms with Crippen LogP contribution in [0.15, 0.2) is 57.9 Å². The lowest BCUT2D eigenvalue weighted by Crippen LogP contribution is -2.49. The zero-order chi connectivity index (χ0) is 18.1. The summed E-state index contributed by atoms with van der Waals surface area (Å²) in [5, 5.41) is 10.0. The molecule has 1 aliphatic heterocycles. The maximum absolute atomic E-state index is 12.8. The van der Waals surface area contributed by atoms with Crippen molar-refractivity contribution in [3.05, 3.63) is 64.6 Å². The highest BCUT2D eigenvalue weighted by molar-refractivity contribution is 5.96. The van der Waals surface area contributed by atoms with Crippen molar-refractivity contribution in [2.45, 2.75) is 0 Å². The minimum absolute atomic E-state index is 0.0555. The Morgan fingerprint density at radius 1 is 1.08 bits per heavy atom. The molecular formula is C19H17N3O4. The number of aromatic hydroxyl groups is 1. The van der Waals surface area contributed by atoms with Crippen LogP contribution in [0.1, 0.15) is 10.4 Å². The number of rotatable bonds is 2. The van der Waals surface area contributed by atoms with E-state index in [1.165, 1.54) is 6.20 Å². The number of carbonyl (C=O) groups excluding carboxylic acids is 1. The molecule has 0 bridgehead atoms. The van der Waals surface area contributed by atoms with E-state index in [-0.39, 0.29) is 17.2 Å². The third-order valence-electron chi connectivity index (χ3n) is 4.49. The summed E-state index contributed by atoms with van der Waals surface area (Å²) in [6.07, 6.45) is 1.40. The molecule has 0 saturated carbocycles. The van der Waals surface area contributed by atoms with E-state index in [9.17, 15) is 14.7 Å². The van der Waals surface area contributed by atoms with E-state index in [0.29, 0.717) is 31.8 Å². The molecule has 4 rings (SSSR count). The van der Waals surface area contributed by atoms with Gasteiger partial charge in [0, 0.05) is 31.6 Å². The molecule has 3 heterocycles. The molecule has 1 saturated heterocycles. The topological polar surface area (TPSA) is 86.9 Å². The molecule has 7 nitrogen and oxygen atoms in total. The van der Waals surface area contributed by atoms with Gasteiger partial charge in [-0.15, -0.1) is 0 Å². The van der Waals surface area contributed by atoms with Gasteiger partial charge in [0.1, 0.15) is 22.7 Å². The van der Waals surface area contributed by atoms with Crippen LogP contribution >= 0.6 is 0 Å². The monoisotopic (exact) mass is 351 g/mol. The summed E-state index contributed by atoms with van der Waals surface area (Å²) in [4.78, 5) is 32.8. The second-order valence-electron chi connectivity index (χ2n) is 6.14. The number of aromatic nitrogens is 1. The Labute approximate surface area is 149 Å². The van der Waals surface area contributed by atoms with Crippen LogP contribution in [-0.4, -0.2) is 47.1 Å². The van der Waals surface area contributed by atoms with Gasteiger partial charge in [0.25, 0.3) is 5.91 Å². The Morgan fingerprint density at radius 2 is 1.85 bits per heavy atom. The average Bonchev–Trinajstić information content (AvgIpc) is 2.68. The summed E-state index contributed by atoms with van der Waals surface area (Å²) in [5.74, 6) is 0.550. The van der Waals surface area contributed by atoms with Gasteiger partial charge in [0.15, 0.2) is 0 Å². The van der Waals surface area contributed by atoms with E-state index in [4.69, 9.17) is 4.42 Å². The summed E-state index contributed by atoms with van der Waals surface area (Å²) in [5.41, 5.74) is -0.0893. The Bertz CT molecular complexity index is 1010. The number of pyridine rings is 1. The minimum Gasteiger partial charge on any atom is -0.506 e. The molecule has 0 radical (unpaired) electrons. The fourth-order valence-corrected chi connectivity index (χ4v) is 3.09. The molecule has 1 fully saturated rings. The fraction of sp³-hybridized carbons (Fsp3) is 0.211.